The number of benzene rings is 2. The molecule has 0 bridgehead atoms. The lowest BCUT2D eigenvalue weighted by atomic mass is 10.2. The molecule has 1 aliphatic carbocycles. The van der Waals surface area contributed by atoms with Gasteiger partial charge in [0.15, 0.2) is 0 Å². The molecule has 0 spiro atoms. The van der Waals surface area contributed by atoms with Gasteiger partial charge < -0.3 is 10.1 Å². The van der Waals surface area contributed by atoms with Crippen LogP contribution in [0.3, 0.4) is 0 Å². The van der Waals surface area contributed by atoms with Gasteiger partial charge in [-0.05, 0) is 36.6 Å². The van der Waals surface area contributed by atoms with Crippen molar-refractivity contribution in [3.8, 4) is 5.75 Å². The molecule has 3 heteroatoms. The van der Waals surface area contributed by atoms with Crippen LogP contribution in [-0.2, 0) is 13.2 Å². The largest absolute Gasteiger partial charge is 0.489 e. The first kappa shape index (κ1) is 15.0. The molecule has 0 amide bonds. The Kier molecular flexibility index (Phi) is 5.07. The van der Waals surface area contributed by atoms with Crippen molar-refractivity contribution in [2.45, 2.75) is 44.9 Å². The summed E-state index contributed by atoms with van der Waals surface area (Å²) in [5, 5.41) is 3.59. The standard InChI is InChI=1S/C19H22FNO/c20-19-8-4-1-5-16(19)14-22-18-11-9-15(10-12-18)13-21-17-6-2-3-7-17/h1,4-5,8-12,17,21H,2-3,6-7,13-14H2. The molecule has 3 rings (SSSR count). The fraction of sp³-hybridized carbons (Fsp3) is 0.368. The van der Waals surface area contributed by atoms with Crippen LogP contribution in [0.1, 0.15) is 36.8 Å². The minimum atomic E-state index is -0.222. The van der Waals surface area contributed by atoms with Crippen LogP contribution >= 0.6 is 0 Å². The van der Waals surface area contributed by atoms with Crippen LogP contribution in [-0.4, -0.2) is 6.04 Å². The predicted octanol–water partition coefficient (Wildman–Crippen LogP) is 4.44. The van der Waals surface area contributed by atoms with Crippen molar-refractivity contribution in [1.82, 2.24) is 5.32 Å². The van der Waals surface area contributed by atoms with Gasteiger partial charge in [-0.15, -0.1) is 0 Å². The quantitative estimate of drug-likeness (QED) is 0.851. The topological polar surface area (TPSA) is 21.3 Å². The zero-order chi connectivity index (χ0) is 15.2. The maximum atomic E-state index is 13.5. The molecule has 2 aromatic rings. The van der Waals surface area contributed by atoms with Gasteiger partial charge >= 0.3 is 0 Å². The Morgan fingerprint density at radius 1 is 1.00 bits per heavy atom. The predicted molar refractivity (Wildman–Crippen MR) is 86.3 cm³/mol. The molecule has 0 radical (unpaired) electrons. The van der Waals surface area contributed by atoms with Crippen molar-refractivity contribution < 1.29 is 9.13 Å². The third-order valence-electron chi connectivity index (χ3n) is 4.23. The first-order valence-electron chi connectivity index (χ1n) is 8.00. The lowest BCUT2D eigenvalue weighted by molar-refractivity contribution is 0.299. The van der Waals surface area contributed by atoms with Crippen molar-refractivity contribution in [2.75, 3.05) is 0 Å². The second-order valence-corrected chi connectivity index (χ2v) is 5.89. The summed E-state index contributed by atoms with van der Waals surface area (Å²) in [6, 6.07) is 15.4. The van der Waals surface area contributed by atoms with Crippen molar-refractivity contribution in [3.05, 3.63) is 65.5 Å². The number of halogens is 1. The molecule has 1 saturated carbocycles. The van der Waals surface area contributed by atoms with Gasteiger partial charge in [0.25, 0.3) is 0 Å². The van der Waals surface area contributed by atoms with Crippen LogP contribution in [0, 0.1) is 5.82 Å². The average Bonchev–Trinajstić information content (AvgIpc) is 3.07. The van der Waals surface area contributed by atoms with Gasteiger partial charge in [0, 0.05) is 18.2 Å². The van der Waals surface area contributed by atoms with Gasteiger partial charge in [-0.1, -0.05) is 43.2 Å². The fourth-order valence-electron chi connectivity index (χ4n) is 2.87. The van der Waals surface area contributed by atoms with Crippen LogP contribution < -0.4 is 10.1 Å². The normalized spacial score (nSPS) is 15.1. The number of rotatable bonds is 6. The summed E-state index contributed by atoms with van der Waals surface area (Å²) in [6.45, 7) is 1.16. The van der Waals surface area contributed by atoms with Crippen molar-refractivity contribution in [2.24, 2.45) is 0 Å². The molecule has 0 aliphatic heterocycles. The first-order chi connectivity index (χ1) is 10.8. The minimum absolute atomic E-state index is 0.222. The summed E-state index contributed by atoms with van der Waals surface area (Å²) >= 11 is 0. The molecule has 22 heavy (non-hydrogen) atoms. The van der Waals surface area contributed by atoms with E-state index in [1.54, 1.807) is 12.1 Å². The second kappa shape index (κ2) is 7.41. The Bertz CT molecular complexity index is 591. The monoisotopic (exact) mass is 299 g/mol. The third kappa shape index (κ3) is 4.08. The van der Waals surface area contributed by atoms with E-state index in [0.717, 1.165) is 12.3 Å². The number of ether oxygens (including phenoxy) is 1. The van der Waals surface area contributed by atoms with E-state index in [4.69, 9.17) is 4.74 Å². The van der Waals surface area contributed by atoms with E-state index in [1.165, 1.54) is 37.3 Å². The zero-order valence-electron chi connectivity index (χ0n) is 12.7. The van der Waals surface area contributed by atoms with Crippen LogP contribution in [0.15, 0.2) is 48.5 Å². The Morgan fingerprint density at radius 2 is 1.73 bits per heavy atom. The van der Waals surface area contributed by atoms with E-state index in [-0.39, 0.29) is 12.4 Å². The number of hydrogen-bond acceptors (Lipinski definition) is 2. The molecule has 0 saturated heterocycles. The van der Waals surface area contributed by atoms with Gasteiger partial charge in [0.05, 0.1) is 0 Å². The van der Waals surface area contributed by atoms with E-state index in [0.29, 0.717) is 11.6 Å². The minimum Gasteiger partial charge on any atom is -0.489 e. The Labute approximate surface area is 131 Å². The van der Waals surface area contributed by atoms with Gasteiger partial charge in [0.2, 0.25) is 0 Å². The molecule has 0 heterocycles. The Balaban J connectivity index is 1.49. The van der Waals surface area contributed by atoms with Crippen LogP contribution in [0.5, 0.6) is 5.75 Å². The molecular formula is C19H22FNO. The van der Waals surface area contributed by atoms with Gasteiger partial charge in [-0.2, -0.15) is 0 Å². The van der Waals surface area contributed by atoms with Gasteiger partial charge in [-0.3, -0.25) is 0 Å². The molecule has 1 N–H and O–H groups in total. The molecule has 0 aromatic heterocycles. The van der Waals surface area contributed by atoms with E-state index < -0.39 is 0 Å². The van der Waals surface area contributed by atoms with E-state index in [1.807, 2.05) is 18.2 Å². The molecule has 0 unspecified atom stereocenters. The van der Waals surface area contributed by atoms with Crippen LogP contribution in [0.25, 0.3) is 0 Å². The highest BCUT2D eigenvalue weighted by atomic mass is 19.1. The summed E-state index contributed by atoms with van der Waals surface area (Å²) in [6.07, 6.45) is 5.29. The summed E-state index contributed by atoms with van der Waals surface area (Å²) in [5.74, 6) is 0.549. The van der Waals surface area contributed by atoms with E-state index in [9.17, 15) is 4.39 Å². The van der Waals surface area contributed by atoms with Gasteiger partial charge in [0.1, 0.15) is 18.2 Å². The SMILES string of the molecule is Fc1ccccc1COc1ccc(CNC2CCCC2)cc1. The molecule has 2 nitrogen and oxygen atoms in total. The van der Waals surface area contributed by atoms with Gasteiger partial charge in [-0.25, -0.2) is 4.39 Å². The molecule has 1 aliphatic rings. The smallest absolute Gasteiger partial charge is 0.129 e. The molecule has 0 atom stereocenters. The zero-order valence-corrected chi connectivity index (χ0v) is 12.7. The summed E-state index contributed by atoms with van der Waals surface area (Å²) in [5.41, 5.74) is 1.83. The second-order valence-electron chi connectivity index (χ2n) is 5.89. The lowest BCUT2D eigenvalue weighted by Gasteiger charge is -2.12. The average molecular weight is 299 g/mol. The Hall–Kier alpha value is -1.87. The highest BCUT2D eigenvalue weighted by Crippen LogP contribution is 2.19. The van der Waals surface area contributed by atoms with E-state index in [2.05, 4.69) is 17.4 Å². The Morgan fingerprint density at radius 3 is 2.45 bits per heavy atom. The third-order valence-corrected chi connectivity index (χ3v) is 4.23. The fourth-order valence-corrected chi connectivity index (χ4v) is 2.87. The maximum Gasteiger partial charge on any atom is 0.129 e. The van der Waals surface area contributed by atoms with Crippen LogP contribution in [0.4, 0.5) is 4.39 Å². The molecule has 116 valence electrons. The molecule has 1 fully saturated rings. The highest BCUT2D eigenvalue weighted by Gasteiger charge is 2.13. The summed E-state index contributed by atoms with van der Waals surface area (Å²) < 4.78 is 19.2. The summed E-state index contributed by atoms with van der Waals surface area (Å²) in [7, 11) is 0. The van der Waals surface area contributed by atoms with Crippen molar-refractivity contribution in [1.29, 1.82) is 0 Å². The molecule has 2 aromatic carbocycles. The van der Waals surface area contributed by atoms with Crippen molar-refractivity contribution >= 4 is 0 Å². The van der Waals surface area contributed by atoms with Crippen LogP contribution in [0.2, 0.25) is 0 Å². The first-order valence-corrected chi connectivity index (χ1v) is 8.00. The maximum absolute atomic E-state index is 13.5. The highest BCUT2D eigenvalue weighted by molar-refractivity contribution is 5.28. The number of hydrogen-bond donors (Lipinski definition) is 1. The lowest BCUT2D eigenvalue weighted by Crippen LogP contribution is -2.25. The van der Waals surface area contributed by atoms with E-state index >= 15 is 0 Å². The van der Waals surface area contributed by atoms with Crippen molar-refractivity contribution in [3.63, 3.8) is 0 Å². The summed E-state index contributed by atoms with van der Waals surface area (Å²) in [4.78, 5) is 0. The number of nitrogens with one attached hydrogen (secondary N) is 1. The molecular weight excluding hydrogens is 277 g/mol.